The van der Waals surface area contributed by atoms with E-state index in [1.165, 1.54) is 16.7 Å². The van der Waals surface area contributed by atoms with Gasteiger partial charge in [-0.3, -0.25) is 0 Å². The van der Waals surface area contributed by atoms with Crippen molar-refractivity contribution in [1.29, 1.82) is 0 Å². The molecule has 4 heteroatoms. The van der Waals surface area contributed by atoms with Gasteiger partial charge >= 0.3 is 0 Å². The first-order valence-corrected chi connectivity index (χ1v) is 11.2. The molecule has 6 rings (SSSR count). The molecule has 3 saturated carbocycles. The maximum atomic E-state index is 11.7. The standard InChI is InChI=1S/C24H32O4/c1-21-7-4-13(26)12-24(21,28)17-10-14(17)19-16(21)5-8-22(2)20(19)15-11-18(15)23(22,27)6-3-9-25/h13,16,19-20,25-28H,3-10,12H2,1-2H3/t13-,16?,19?,20?,21+,22-,23-,24?/m0/s1. The summed E-state index contributed by atoms with van der Waals surface area (Å²) in [5.74, 6) is 1.10. The summed E-state index contributed by atoms with van der Waals surface area (Å²) in [7, 11) is 0. The van der Waals surface area contributed by atoms with Gasteiger partial charge in [-0.25, -0.2) is 0 Å². The summed E-state index contributed by atoms with van der Waals surface area (Å²) < 4.78 is 0. The zero-order valence-electron chi connectivity index (χ0n) is 17.0. The Bertz CT molecular complexity index is 881. The molecule has 0 heterocycles. The molecule has 152 valence electrons. The summed E-state index contributed by atoms with van der Waals surface area (Å²) in [6.45, 7) is 4.64. The van der Waals surface area contributed by atoms with Crippen molar-refractivity contribution < 1.29 is 20.4 Å². The molecule has 4 unspecified atom stereocenters. The van der Waals surface area contributed by atoms with Gasteiger partial charge in [0, 0.05) is 40.9 Å². The summed E-state index contributed by atoms with van der Waals surface area (Å²) in [6, 6.07) is 0. The Morgan fingerprint density at radius 1 is 1.11 bits per heavy atom. The van der Waals surface area contributed by atoms with Gasteiger partial charge in [-0.05, 0) is 62.4 Å². The first-order valence-electron chi connectivity index (χ1n) is 11.2. The quantitative estimate of drug-likeness (QED) is 0.445. The van der Waals surface area contributed by atoms with Crippen LogP contribution in [0.1, 0.15) is 65.2 Å². The van der Waals surface area contributed by atoms with Crippen molar-refractivity contribution >= 4 is 0 Å². The van der Waals surface area contributed by atoms with Crippen LogP contribution in [0.15, 0.2) is 28.0 Å². The van der Waals surface area contributed by atoms with E-state index in [4.69, 9.17) is 0 Å². The van der Waals surface area contributed by atoms with Crippen molar-refractivity contribution in [3.05, 3.63) is 28.0 Å². The zero-order chi connectivity index (χ0) is 19.7. The Balaban J connectivity index is 1.44. The van der Waals surface area contributed by atoms with E-state index >= 15 is 0 Å². The third-order valence-electron chi connectivity index (χ3n) is 10.1. The summed E-state index contributed by atoms with van der Waals surface area (Å²) in [5, 5.41) is 43.1. The van der Waals surface area contributed by atoms with E-state index in [2.05, 4.69) is 19.6 Å². The fraction of sp³-hybridized carbons (Fsp3) is 0.792. The fourth-order valence-electron chi connectivity index (χ4n) is 8.42. The van der Waals surface area contributed by atoms with Gasteiger partial charge in [-0.1, -0.05) is 19.4 Å². The smallest absolute Gasteiger partial charge is 0.104 e. The molecule has 3 fully saturated rings. The van der Waals surface area contributed by atoms with Gasteiger partial charge in [-0.2, -0.15) is 0 Å². The normalized spacial score (nSPS) is 55.4. The van der Waals surface area contributed by atoms with E-state index in [-0.39, 0.29) is 17.4 Å². The van der Waals surface area contributed by atoms with Crippen molar-refractivity contribution in [2.24, 2.45) is 28.6 Å². The van der Waals surface area contributed by atoms with E-state index in [0.717, 1.165) is 37.7 Å². The number of hydrogen-bond acceptors (Lipinski definition) is 4. The minimum absolute atomic E-state index is 0.112. The summed E-state index contributed by atoms with van der Waals surface area (Å²) in [4.78, 5) is 0. The third kappa shape index (κ3) is 1.76. The van der Waals surface area contributed by atoms with Gasteiger partial charge in [0.2, 0.25) is 0 Å². The van der Waals surface area contributed by atoms with Crippen LogP contribution >= 0.6 is 0 Å². The van der Waals surface area contributed by atoms with E-state index in [1.807, 2.05) is 0 Å². The molecule has 0 aliphatic heterocycles. The lowest BCUT2D eigenvalue weighted by atomic mass is 9.44. The van der Waals surface area contributed by atoms with Crippen LogP contribution in [0.2, 0.25) is 0 Å². The van der Waals surface area contributed by atoms with Crippen LogP contribution in [0.3, 0.4) is 0 Å². The highest BCUT2D eigenvalue weighted by atomic mass is 16.3. The minimum atomic E-state index is -0.853. The second-order valence-electron chi connectivity index (χ2n) is 11.0. The molecule has 0 bridgehead atoms. The molecule has 6 aliphatic carbocycles. The fourth-order valence-corrected chi connectivity index (χ4v) is 8.42. The summed E-state index contributed by atoms with van der Waals surface area (Å²) in [5.41, 5.74) is 6.27. The highest BCUT2D eigenvalue weighted by molar-refractivity contribution is 5.63. The maximum Gasteiger partial charge on any atom is 0.104 e. The topological polar surface area (TPSA) is 80.9 Å². The van der Waals surface area contributed by atoms with Crippen molar-refractivity contribution in [3.63, 3.8) is 0 Å². The van der Waals surface area contributed by atoms with Crippen LogP contribution in [0, 0.1) is 28.6 Å². The van der Waals surface area contributed by atoms with Crippen LogP contribution in [0.25, 0.3) is 0 Å². The lowest BCUT2D eigenvalue weighted by molar-refractivity contribution is -0.176. The zero-order valence-corrected chi connectivity index (χ0v) is 17.0. The van der Waals surface area contributed by atoms with Gasteiger partial charge in [0.1, 0.15) is 5.60 Å². The van der Waals surface area contributed by atoms with E-state index < -0.39 is 17.3 Å². The molecule has 0 amide bonds. The Morgan fingerprint density at radius 2 is 1.86 bits per heavy atom. The summed E-state index contributed by atoms with van der Waals surface area (Å²) in [6.07, 6.45) is 5.85. The first-order chi connectivity index (χ1) is 13.2. The second kappa shape index (κ2) is 5.04. The van der Waals surface area contributed by atoms with E-state index in [9.17, 15) is 20.4 Å². The molecule has 4 N–H and O–H groups in total. The Kier molecular flexibility index (Phi) is 3.23. The molecule has 0 radical (unpaired) electrons. The number of fused-ring (bicyclic) bond motifs is 9. The van der Waals surface area contributed by atoms with Gasteiger partial charge in [0.25, 0.3) is 0 Å². The Labute approximate surface area is 166 Å². The van der Waals surface area contributed by atoms with E-state index in [0.29, 0.717) is 37.0 Å². The molecule has 0 aromatic rings. The summed E-state index contributed by atoms with van der Waals surface area (Å²) >= 11 is 0. The highest BCUT2D eigenvalue weighted by Gasteiger charge is 2.74. The first kappa shape index (κ1) is 17.9. The monoisotopic (exact) mass is 384 g/mol. The molecule has 8 atom stereocenters. The van der Waals surface area contributed by atoms with E-state index in [1.54, 1.807) is 0 Å². The number of allylic oxidation sites excluding steroid dienone is 1. The molecule has 28 heavy (non-hydrogen) atoms. The lowest BCUT2D eigenvalue weighted by Gasteiger charge is -2.61. The predicted molar refractivity (Wildman–Crippen MR) is 104 cm³/mol. The van der Waals surface area contributed by atoms with Crippen molar-refractivity contribution in [3.8, 4) is 0 Å². The molecule has 6 aliphatic rings. The van der Waals surface area contributed by atoms with Crippen molar-refractivity contribution in [2.45, 2.75) is 82.5 Å². The van der Waals surface area contributed by atoms with Gasteiger partial charge in [0.05, 0.1) is 11.7 Å². The lowest BCUT2D eigenvalue weighted by Crippen LogP contribution is -2.62. The number of aliphatic hydroxyl groups is 4. The van der Waals surface area contributed by atoms with Crippen LogP contribution in [-0.2, 0) is 0 Å². The molecule has 0 aromatic heterocycles. The molecular weight excluding hydrogens is 352 g/mol. The Morgan fingerprint density at radius 3 is 2.61 bits per heavy atom. The predicted octanol–water partition coefficient (Wildman–Crippen LogP) is 2.61. The molecular formula is C24H32O4. The molecule has 0 saturated heterocycles. The number of aliphatic hydroxyl groups excluding tert-OH is 2. The molecule has 4 nitrogen and oxygen atoms in total. The highest BCUT2D eigenvalue weighted by Crippen LogP contribution is 2.77. The molecule has 0 spiro atoms. The molecule has 0 aromatic carbocycles. The van der Waals surface area contributed by atoms with Gasteiger partial charge < -0.3 is 20.4 Å². The maximum absolute atomic E-state index is 11.7. The number of rotatable bonds is 3. The van der Waals surface area contributed by atoms with Crippen LogP contribution in [-0.4, -0.2) is 44.3 Å². The SMILES string of the molecule is C[C@]12CCC3C(C4=C(C4)C4(O)C[C@@H](O)CC[C@]34C)C1C1=C=C1[C@@]2(O)CCCO. The van der Waals surface area contributed by atoms with Crippen molar-refractivity contribution in [1.82, 2.24) is 0 Å². The second-order valence-corrected chi connectivity index (χ2v) is 11.0. The van der Waals surface area contributed by atoms with Crippen LogP contribution < -0.4 is 0 Å². The number of hydrogen-bond donors (Lipinski definition) is 4. The van der Waals surface area contributed by atoms with Gasteiger partial charge in [-0.15, -0.1) is 5.73 Å². The minimum Gasteiger partial charge on any atom is -0.396 e. The third-order valence-corrected chi connectivity index (χ3v) is 10.1. The van der Waals surface area contributed by atoms with Gasteiger partial charge in [0.15, 0.2) is 0 Å². The van der Waals surface area contributed by atoms with Crippen LogP contribution in [0.5, 0.6) is 0 Å². The average molecular weight is 385 g/mol. The van der Waals surface area contributed by atoms with Crippen LogP contribution in [0.4, 0.5) is 0 Å². The largest absolute Gasteiger partial charge is 0.396 e. The average Bonchev–Trinajstić information content (AvgIpc) is 3.54. The Hall–Kier alpha value is -0.900. The van der Waals surface area contributed by atoms with Crippen molar-refractivity contribution in [2.75, 3.05) is 6.61 Å².